The highest BCUT2D eigenvalue weighted by Gasteiger charge is 2.13. The van der Waals surface area contributed by atoms with Gasteiger partial charge in [-0.05, 0) is 38.5 Å². The molecule has 0 saturated carbocycles. The SMILES string of the molecule is CCNC(=NCc1ccc(OC)c(C(=O)OC)c1)NCc1sc(C)nc1C. The molecular weight excluding hydrogens is 364 g/mol. The highest BCUT2D eigenvalue weighted by Crippen LogP contribution is 2.21. The number of esters is 1. The standard InChI is InChI=1S/C19H26N4O3S/c1-6-20-19(22-11-17-12(2)23-13(3)27-17)21-10-14-7-8-16(25-4)15(9-14)18(24)26-5/h7-9H,6,10-11H2,1-5H3,(H2,20,21,22). The van der Waals surface area contributed by atoms with Gasteiger partial charge in [0.2, 0.25) is 0 Å². The maximum Gasteiger partial charge on any atom is 0.341 e. The fraction of sp³-hybridized carbons (Fsp3) is 0.421. The number of thiazole rings is 1. The van der Waals surface area contributed by atoms with Crippen LogP contribution in [-0.2, 0) is 17.8 Å². The molecule has 0 atom stereocenters. The minimum absolute atomic E-state index is 0.390. The third kappa shape index (κ3) is 5.68. The molecule has 2 rings (SSSR count). The Balaban J connectivity index is 2.11. The van der Waals surface area contributed by atoms with Gasteiger partial charge in [-0.1, -0.05) is 6.07 Å². The summed E-state index contributed by atoms with van der Waals surface area (Å²) >= 11 is 1.68. The molecule has 0 unspecified atom stereocenters. The number of carbonyl (C=O) groups is 1. The zero-order valence-corrected chi connectivity index (χ0v) is 17.2. The molecule has 0 amide bonds. The number of ether oxygens (including phenoxy) is 2. The van der Waals surface area contributed by atoms with E-state index in [2.05, 4.69) is 20.6 Å². The van der Waals surface area contributed by atoms with Crippen LogP contribution in [0.1, 0.15) is 38.4 Å². The fourth-order valence-corrected chi connectivity index (χ4v) is 3.41. The van der Waals surface area contributed by atoms with Crippen LogP contribution in [0, 0.1) is 13.8 Å². The lowest BCUT2D eigenvalue weighted by atomic mass is 10.1. The second-order valence-electron chi connectivity index (χ2n) is 5.82. The molecule has 7 nitrogen and oxygen atoms in total. The largest absolute Gasteiger partial charge is 0.496 e. The van der Waals surface area contributed by atoms with Gasteiger partial charge in [0.05, 0.1) is 38.0 Å². The summed E-state index contributed by atoms with van der Waals surface area (Å²) in [6.45, 7) is 7.87. The molecule has 2 aromatic rings. The van der Waals surface area contributed by atoms with Crippen molar-refractivity contribution in [2.24, 2.45) is 4.99 Å². The van der Waals surface area contributed by atoms with Crippen LogP contribution in [-0.4, -0.2) is 37.7 Å². The summed E-state index contributed by atoms with van der Waals surface area (Å²) in [6, 6.07) is 5.38. The highest BCUT2D eigenvalue weighted by molar-refractivity contribution is 7.11. The second-order valence-corrected chi connectivity index (χ2v) is 7.10. The molecule has 1 aromatic heterocycles. The zero-order valence-electron chi connectivity index (χ0n) is 16.4. The molecule has 1 heterocycles. The van der Waals surface area contributed by atoms with E-state index < -0.39 is 5.97 Å². The first kappa shape index (κ1) is 20.7. The molecule has 0 spiro atoms. The van der Waals surface area contributed by atoms with Gasteiger partial charge >= 0.3 is 5.97 Å². The number of hydrogen-bond acceptors (Lipinski definition) is 6. The van der Waals surface area contributed by atoms with Crippen LogP contribution >= 0.6 is 11.3 Å². The van der Waals surface area contributed by atoms with Crippen molar-refractivity contribution in [3.63, 3.8) is 0 Å². The Bertz CT molecular complexity index is 817. The number of guanidine groups is 1. The first-order valence-corrected chi connectivity index (χ1v) is 9.50. The molecule has 0 bridgehead atoms. The van der Waals surface area contributed by atoms with E-state index in [1.165, 1.54) is 19.1 Å². The number of benzene rings is 1. The molecule has 1 aromatic carbocycles. The van der Waals surface area contributed by atoms with Crippen molar-refractivity contribution in [2.45, 2.75) is 33.9 Å². The van der Waals surface area contributed by atoms with Crippen LogP contribution in [0.5, 0.6) is 5.75 Å². The highest BCUT2D eigenvalue weighted by atomic mass is 32.1. The Hall–Kier alpha value is -2.61. The molecule has 0 aliphatic carbocycles. The van der Waals surface area contributed by atoms with Crippen LogP contribution in [0.4, 0.5) is 0 Å². The van der Waals surface area contributed by atoms with Crippen molar-refractivity contribution in [1.82, 2.24) is 15.6 Å². The lowest BCUT2D eigenvalue weighted by Gasteiger charge is -2.12. The van der Waals surface area contributed by atoms with Gasteiger partial charge in [0.1, 0.15) is 11.3 Å². The van der Waals surface area contributed by atoms with E-state index >= 15 is 0 Å². The quantitative estimate of drug-likeness (QED) is 0.430. The van der Waals surface area contributed by atoms with E-state index in [9.17, 15) is 4.79 Å². The minimum atomic E-state index is -0.432. The monoisotopic (exact) mass is 390 g/mol. The molecule has 146 valence electrons. The molecule has 2 N–H and O–H groups in total. The Morgan fingerprint density at radius 3 is 2.63 bits per heavy atom. The fourth-order valence-electron chi connectivity index (χ4n) is 2.54. The molecular formula is C19H26N4O3S. The first-order chi connectivity index (χ1) is 13.0. The Morgan fingerprint density at radius 2 is 2.04 bits per heavy atom. The van der Waals surface area contributed by atoms with E-state index in [1.807, 2.05) is 26.8 Å². The number of aliphatic imine (C=N–C) groups is 1. The molecule has 0 aliphatic rings. The van der Waals surface area contributed by atoms with E-state index in [1.54, 1.807) is 23.5 Å². The number of nitrogens with one attached hydrogen (secondary N) is 2. The third-order valence-electron chi connectivity index (χ3n) is 3.85. The summed E-state index contributed by atoms with van der Waals surface area (Å²) in [5.41, 5.74) is 2.32. The molecule has 0 fully saturated rings. The number of hydrogen-bond donors (Lipinski definition) is 2. The maximum absolute atomic E-state index is 11.9. The van der Waals surface area contributed by atoms with Gasteiger partial charge in [-0.3, -0.25) is 0 Å². The predicted octanol–water partition coefficient (Wildman–Crippen LogP) is 2.81. The Labute approximate surface area is 163 Å². The number of aromatic nitrogens is 1. The van der Waals surface area contributed by atoms with E-state index in [0.717, 1.165) is 22.8 Å². The maximum atomic E-state index is 11.9. The molecule has 0 saturated heterocycles. The van der Waals surface area contributed by atoms with E-state index in [0.29, 0.717) is 30.4 Å². The summed E-state index contributed by atoms with van der Waals surface area (Å²) < 4.78 is 10.0. The number of rotatable bonds is 7. The lowest BCUT2D eigenvalue weighted by molar-refractivity contribution is 0.0597. The van der Waals surface area contributed by atoms with E-state index in [-0.39, 0.29) is 0 Å². The normalized spacial score (nSPS) is 11.2. The van der Waals surface area contributed by atoms with Crippen molar-refractivity contribution in [1.29, 1.82) is 0 Å². The van der Waals surface area contributed by atoms with Crippen LogP contribution in [0.25, 0.3) is 0 Å². The van der Waals surface area contributed by atoms with Gasteiger partial charge in [0, 0.05) is 11.4 Å². The Kier molecular flexibility index (Phi) is 7.60. The Morgan fingerprint density at radius 1 is 1.26 bits per heavy atom. The number of aryl methyl sites for hydroxylation is 2. The van der Waals surface area contributed by atoms with Crippen molar-refractivity contribution < 1.29 is 14.3 Å². The van der Waals surface area contributed by atoms with Gasteiger partial charge in [-0.2, -0.15) is 0 Å². The molecule has 27 heavy (non-hydrogen) atoms. The van der Waals surface area contributed by atoms with E-state index in [4.69, 9.17) is 9.47 Å². The summed E-state index contributed by atoms with van der Waals surface area (Å²) in [6.07, 6.45) is 0. The third-order valence-corrected chi connectivity index (χ3v) is 4.92. The van der Waals surface area contributed by atoms with Crippen LogP contribution in [0.2, 0.25) is 0 Å². The van der Waals surface area contributed by atoms with Crippen molar-refractivity contribution >= 4 is 23.3 Å². The number of nitrogens with zero attached hydrogens (tertiary/aromatic N) is 2. The van der Waals surface area contributed by atoms with Gasteiger partial charge in [-0.25, -0.2) is 14.8 Å². The number of carbonyl (C=O) groups excluding carboxylic acids is 1. The minimum Gasteiger partial charge on any atom is -0.496 e. The molecule has 8 heteroatoms. The summed E-state index contributed by atoms with van der Waals surface area (Å²) in [5.74, 6) is 0.757. The number of methoxy groups -OCH3 is 2. The van der Waals surface area contributed by atoms with Crippen molar-refractivity contribution in [3.8, 4) is 5.75 Å². The first-order valence-electron chi connectivity index (χ1n) is 8.68. The van der Waals surface area contributed by atoms with Gasteiger partial charge in [0.15, 0.2) is 5.96 Å². The van der Waals surface area contributed by atoms with Crippen LogP contribution in [0.15, 0.2) is 23.2 Å². The van der Waals surface area contributed by atoms with Gasteiger partial charge in [-0.15, -0.1) is 11.3 Å². The van der Waals surface area contributed by atoms with Crippen molar-refractivity contribution in [2.75, 3.05) is 20.8 Å². The lowest BCUT2D eigenvalue weighted by Crippen LogP contribution is -2.36. The zero-order chi connectivity index (χ0) is 19.8. The topological polar surface area (TPSA) is 84.8 Å². The summed E-state index contributed by atoms with van der Waals surface area (Å²) in [4.78, 5) is 22.1. The second kappa shape index (κ2) is 9.91. The smallest absolute Gasteiger partial charge is 0.341 e. The summed E-state index contributed by atoms with van der Waals surface area (Å²) in [5, 5.41) is 7.61. The van der Waals surface area contributed by atoms with Gasteiger partial charge < -0.3 is 20.1 Å². The molecule has 0 aliphatic heterocycles. The average Bonchev–Trinajstić information content (AvgIpc) is 3.00. The predicted molar refractivity (Wildman–Crippen MR) is 108 cm³/mol. The average molecular weight is 391 g/mol. The van der Waals surface area contributed by atoms with Crippen LogP contribution < -0.4 is 15.4 Å². The van der Waals surface area contributed by atoms with Crippen LogP contribution in [0.3, 0.4) is 0 Å². The molecule has 0 radical (unpaired) electrons. The van der Waals surface area contributed by atoms with Gasteiger partial charge in [0.25, 0.3) is 0 Å². The van der Waals surface area contributed by atoms with Crippen molar-refractivity contribution in [3.05, 3.63) is 44.9 Å². The summed E-state index contributed by atoms with van der Waals surface area (Å²) in [7, 11) is 2.87.